The molecule has 4 heterocycles. The fourth-order valence-electron chi connectivity index (χ4n) is 4.83. The maximum Gasteiger partial charge on any atom is 0.254 e. The number of para-hydroxylation sites is 2. The first-order valence-corrected chi connectivity index (χ1v) is 11.0. The summed E-state index contributed by atoms with van der Waals surface area (Å²) in [6, 6.07) is 13.9. The van der Waals surface area contributed by atoms with Crippen LogP contribution in [-0.4, -0.2) is 56.4 Å². The van der Waals surface area contributed by atoms with E-state index in [1.54, 1.807) is 30.7 Å². The van der Waals surface area contributed by atoms with E-state index in [-0.39, 0.29) is 17.5 Å². The van der Waals surface area contributed by atoms with Gasteiger partial charge in [0.2, 0.25) is 0 Å². The first-order chi connectivity index (χ1) is 16.2. The van der Waals surface area contributed by atoms with E-state index < -0.39 is 5.82 Å². The van der Waals surface area contributed by atoms with E-state index >= 15 is 0 Å². The summed E-state index contributed by atoms with van der Waals surface area (Å²) in [6.45, 7) is 2.11. The number of likely N-dealkylation sites (tertiary alicyclic amines) is 1. The lowest BCUT2D eigenvalue weighted by molar-refractivity contribution is 0.0591. The van der Waals surface area contributed by atoms with E-state index in [4.69, 9.17) is 4.98 Å². The van der Waals surface area contributed by atoms with Crippen LogP contribution in [0.1, 0.15) is 16.8 Å². The molecule has 2 saturated heterocycles. The molecule has 4 aromatic rings. The number of carbonyl (C=O) groups excluding carboxylic acids is 1. The Morgan fingerprint density at radius 2 is 1.79 bits per heavy atom. The summed E-state index contributed by atoms with van der Waals surface area (Å²) in [7, 11) is 0. The number of amides is 1. The van der Waals surface area contributed by atoms with Crippen molar-refractivity contribution in [3.05, 3.63) is 78.5 Å². The van der Waals surface area contributed by atoms with Gasteiger partial charge in [-0.05, 0) is 42.8 Å². The Bertz CT molecular complexity index is 1350. The number of hydrogen-bond acceptors (Lipinski definition) is 6. The average Bonchev–Trinajstić information content (AvgIpc) is 2.85. The van der Waals surface area contributed by atoms with Crippen LogP contribution in [0.5, 0.6) is 0 Å². The van der Waals surface area contributed by atoms with E-state index in [0.717, 1.165) is 29.8 Å². The summed E-state index contributed by atoms with van der Waals surface area (Å²) in [5, 5.41) is 0. The fourth-order valence-corrected chi connectivity index (χ4v) is 4.83. The summed E-state index contributed by atoms with van der Waals surface area (Å²) in [6.07, 6.45) is 5.93. The average molecular weight is 440 g/mol. The fraction of sp³-hybridized carbons (Fsp3) is 0.240. The zero-order valence-corrected chi connectivity index (χ0v) is 17.8. The molecule has 0 N–H and O–H groups in total. The smallest absolute Gasteiger partial charge is 0.254 e. The zero-order valence-electron chi connectivity index (χ0n) is 17.8. The van der Waals surface area contributed by atoms with Crippen LogP contribution in [0, 0.1) is 11.7 Å². The summed E-state index contributed by atoms with van der Waals surface area (Å²) >= 11 is 0. The molecule has 0 unspecified atom stereocenters. The van der Waals surface area contributed by atoms with Crippen LogP contribution >= 0.6 is 0 Å². The summed E-state index contributed by atoms with van der Waals surface area (Å²) < 4.78 is 14.1. The molecule has 2 aliphatic rings. The molecular weight excluding hydrogens is 419 g/mol. The molecule has 2 aromatic heterocycles. The quantitative estimate of drug-likeness (QED) is 0.485. The van der Waals surface area contributed by atoms with Gasteiger partial charge in [-0.1, -0.05) is 12.1 Å². The Morgan fingerprint density at radius 3 is 2.64 bits per heavy atom. The number of rotatable bonds is 3. The Hall–Kier alpha value is -3.94. The van der Waals surface area contributed by atoms with Gasteiger partial charge in [-0.15, -0.1) is 0 Å². The summed E-state index contributed by atoms with van der Waals surface area (Å²) in [4.78, 5) is 35.3. The van der Waals surface area contributed by atoms with Crippen LogP contribution in [0.4, 0.5) is 10.2 Å². The number of piperidine rings is 1. The van der Waals surface area contributed by atoms with Gasteiger partial charge >= 0.3 is 0 Å². The van der Waals surface area contributed by atoms with Gasteiger partial charge in [-0.3, -0.25) is 9.78 Å². The predicted octanol–water partition coefficient (Wildman–Crippen LogP) is 3.58. The molecule has 7 nitrogen and oxygen atoms in total. The molecule has 164 valence electrons. The first kappa shape index (κ1) is 19.7. The molecule has 2 atom stereocenters. The zero-order chi connectivity index (χ0) is 22.4. The third-order valence-electron chi connectivity index (χ3n) is 6.59. The molecule has 2 aromatic carbocycles. The first-order valence-electron chi connectivity index (χ1n) is 11.0. The molecule has 33 heavy (non-hydrogen) atoms. The lowest BCUT2D eigenvalue weighted by Gasteiger charge is -2.53. The van der Waals surface area contributed by atoms with Crippen molar-refractivity contribution in [3.63, 3.8) is 0 Å². The molecule has 6 rings (SSSR count). The lowest BCUT2D eigenvalue weighted by Crippen LogP contribution is -2.65. The lowest BCUT2D eigenvalue weighted by atomic mass is 9.82. The predicted molar refractivity (Wildman–Crippen MR) is 122 cm³/mol. The second kappa shape index (κ2) is 7.88. The van der Waals surface area contributed by atoms with Crippen LogP contribution in [0.2, 0.25) is 0 Å². The second-order valence-corrected chi connectivity index (χ2v) is 8.50. The number of halogens is 1. The molecule has 0 saturated carbocycles. The number of carbonyl (C=O) groups is 1. The molecular formula is C25H21FN6O. The van der Waals surface area contributed by atoms with Crippen molar-refractivity contribution < 1.29 is 9.18 Å². The van der Waals surface area contributed by atoms with Crippen molar-refractivity contribution in [2.75, 3.05) is 24.5 Å². The largest absolute Gasteiger partial charge is 0.350 e. The molecule has 2 aliphatic heterocycles. The minimum absolute atomic E-state index is 0.170. The Labute approximate surface area is 189 Å². The molecule has 0 bridgehead atoms. The van der Waals surface area contributed by atoms with E-state index in [9.17, 15) is 9.18 Å². The molecule has 0 aliphatic carbocycles. The van der Waals surface area contributed by atoms with Crippen molar-refractivity contribution in [2.45, 2.75) is 12.5 Å². The summed E-state index contributed by atoms with van der Waals surface area (Å²) in [5.41, 5.74) is 2.54. The third-order valence-corrected chi connectivity index (χ3v) is 6.59. The number of hydrogen-bond donors (Lipinski definition) is 0. The van der Waals surface area contributed by atoms with Crippen molar-refractivity contribution in [1.82, 2.24) is 24.8 Å². The van der Waals surface area contributed by atoms with Crippen molar-refractivity contribution in [2.24, 2.45) is 5.92 Å². The second-order valence-electron chi connectivity index (χ2n) is 8.50. The van der Waals surface area contributed by atoms with E-state index in [1.807, 2.05) is 29.2 Å². The summed E-state index contributed by atoms with van der Waals surface area (Å²) in [5.74, 6) is 1.09. The molecule has 2 fully saturated rings. The van der Waals surface area contributed by atoms with Gasteiger partial charge in [0.05, 0.1) is 28.8 Å². The number of fused-ring (bicyclic) bond motifs is 2. The van der Waals surface area contributed by atoms with Gasteiger partial charge in [0.15, 0.2) is 5.82 Å². The van der Waals surface area contributed by atoms with Gasteiger partial charge < -0.3 is 9.80 Å². The van der Waals surface area contributed by atoms with Crippen LogP contribution in [0.15, 0.2) is 67.1 Å². The third kappa shape index (κ3) is 3.47. The normalized spacial score (nSPS) is 19.8. The van der Waals surface area contributed by atoms with Gasteiger partial charge in [0, 0.05) is 43.5 Å². The Balaban J connectivity index is 1.26. The molecule has 1 amide bonds. The molecule has 0 radical (unpaired) electrons. The van der Waals surface area contributed by atoms with Gasteiger partial charge in [-0.25, -0.2) is 19.3 Å². The maximum absolute atomic E-state index is 14.1. The van der Waals surface area contributed by atoms with Crippen LogP contribution in [-0.2, 0) is 0 Å². The van der Waals surface area contributed by atoms with E-state index in [0.29, 0.717) is 30.4 Å². The monoisotopic (exact) mass is 440 g/mol. The van der Waals surface area contributed by atoms with E-state index in [2.05, 4.69) is 19.9 Å². The van der Waals surface area contributed by atoms with Gasteiger partial charge in [-0.2, -0.15) is 0 Å². The Kier molecular flexibility index (Phi) is 4.71. The van der Waals surface area contributed by atoms with Crippen LogP contribution in [0.3, 0.4) is 0 Å². The molecule has 0 spiro atoms. The molecule has 8 heteroatoms. The number of benzene rings is 2. The van der Waals surface area contributed by atoms with Crippen molar-refractivity contribution >= 4 is 22.8 Å². The highest BCUT2D eigenvalue weighted by atomic mass is 19.1. The standard InChI is InChI=1S/C25H21FN6O/c26-17-6-7-18(24-27-9-3-10-28-24)19(12-17)25(33)31-11-8-16-14-32(22(16)15-31)23-13-29-20-4-1-2-5-21(20)30-23/h1-7,9-10,12-13,16,22H,8,11,14-15H2/t16-,22-/m0/s1. The highest BCUT2D eigenvalue weighted by Gasteiger charge is 2.44. The number of anilines is 1. The van der Waals surface area contributed by atoms with Crippen molar-refractivity contribution in [3.8, 4) is 11.4 Å². The SMILES string of the molecule is O=C(c1cc(F)ccc1-c1ncccn1)N1CC[C@H]2CN(c3cnc4ccccc4n3)[C@H]2C1. The highest BCUT2D eigenvalue weighted by molar-refractivity contribution is 6.00. The maximum atomic E-state index is 14.1. The van der Waals surface area contributed by atoms with Crippen molar-refractivity contribution in [1.29, 1.82) is 0 Å². The highest BCUT2D eigenvalue weighted by Crippen LogP contribution is 2.36. The van der Waals surface area contributed by atoms with Crippen LogP contribution in [0.25, 0.3) is 22.4 Å². The Morgan fingerprint density at radius 1 is 0.970 bits per heavy atom. The number of nitrogens with zero attached hydrogens (tertiary/aromatic N) is 6. The minimum Gasteiger partial charge on any atom is -0.350 e. The topological polar surface area (TPSA) is 75.1 Å². The minimum atomic E-state index is -0.454. The van der Waals surface area contributed by atoms with Gasteiger partial charge in [0.1, 0.15) is 11.6 Å². The van der Waals surface area contributed by atoms with E-state index in [1.165, 1.54) is 12.1 Å². The van der Waals surface area contributed by atoms with Crippen LogP contribution < -0.4 is 4.90 Å². The number of aromatic nitrogens is 4. The van der Waals surface area contributed by atoms with Gasteiger partial charge in [0.25, 0.3) is 5.91 Å².